The summed E-state index contributed by atoms with van der Waals surface area (Å²) in [6.07, 6.45) is 1.45. The van der Waals surface area contributed by atoms with Gasteiger partial charge in [0.1, 0.15) is 19.0 Å². The van der Waals surface area contributed by atoms with Crippen molar-refractivity contribution in [2.45, 2.75) is 4.90 Å². The third-order valence-electron chi connectivity index (χ3n) is 3.22. The number of thioether (sulfide) groups is 1. The molecule has 1 N–H and O–H groups in total. The van der Waals surface area contributed by atoms with Crippen molar-refractivity contribution in [1.82, 2.24) is 5.43 Å². The van der Waals surface area contributed by atoms with Crippen molar-refractivity contribution in [2.75, 3.05) is 19.0 Å². The van der Waals surface area contributed by atoms with Gasteiger partial charge in [0.15, 0.2) is 11.5 Å². The van der Waals surface area contributed by atoms with Crippen LogP contribution in [-0.4, -0.2) is 31.1 Å². The second-order valence-corrected chi connectivity index (χ2v) is 6.46. The molecule has 0 aromatic heterocycles. The summed E-state index contributed by atoms with van der Waals surface area (Å²) in [5, 5.41) is 4.30. The second kappa shape index (κ2) is 8.22. The number of nitrogens with one attached hydrogen (secondary N) is 1. The summed E-state index contributed by atoms with van der Waals surface area (Å²) < 4.78 is 24.4. The lowest BCUT2D eigenvalue weighted by molar-refractivity contribution is -0.118. The van der Waals surface area contributed by atoms with Crippen LogP contribution in [0.4, 0.5) is 4.39 Å². The number of carbonyl (C=O) groups excluding carboxylic acids is 1. The van der Waals surface area contributed by atoms with E-state index in [0.717, 1.165) is 11.8 Å². The first-order valence-corrected chi connectivity index (χ1v) is 8.78. The Kier molecular flexibility index (Phi) is 5.78. The van der Waals surface area contributed by atoms with E-state index >= 15 is 0 Å². The highest BCUT2D eigenvalue weighted by molar-refractivity contribution is 8.00. The number of hydrogen-bond acceptors (Lipinski definition) is 5. The van der Waals surface area contributed by atoms with Crippen LogP contribution in [0.3, 0.4) is 0 Å². The van der Waals surface area contributed by atoms with Gasteiger partial charge in [0, 0.05) is 4.90 Å². The summed E-state index contributed by atoms with van der Waals surface area (Å²) in [5.41, 5.74) is 3.06. The van der Waals surface area contributed by atoms with Gasteiger partial charge in [-0.1, -0.05) is 23.7 Å². The van der Waals surface area contributed by atoms with Crippen LogP contribution in [0.1, 0.15) is 5.56 Å². The third-order valence-corrected chi connectivity index (χ3v) is 4.55. The van der Waals surface area contributed by atoms with Crippen LogP contribution in [0, 0.1) is 5.82 Å². The largest absolute Gasteiger partial charge is 0.486 e. The SMILES string of the molecule is O=C(CSc1ccccc1F)N/N=C\c1cc(Cl)c2c(c1)OCCO2. The summed E-state index contributed by atoms with van der Waals surface area (Å²) in [7, 11) is 0. The average Bonchev–Trinajstić information content (AvgIpc) is 2.61. The molecule has 0 bridgehead atoms. The lowest BCUT2D eigenvalue weighted by atomic mass is 10.2. The smallest absolute Gasteiger partial charge is 0.250 e. The maximum atomic E-state index is 13.5. The predicted molar refractivity (Wildman–Crippen MR) is 95.3 cm³/mol. The van der Waals surface area contributed by atoms with Crippen LogP contribution in [0.15, 0.2) is 46.4 Å². The van der Waals surface area contributed by atoms with Crippen LogP contribution in [0.2, 0.25) is 5.02 Å². The zero-order valence-electron chi connectivity index (χ0n) is 13.0. The molecule has 2 aromatic rings. The van der Waals surface area contributed by atoms with Crippen LogP contribution < -0.4 is 14.9 Å². The van der Waals surface area contributed by atoms with Gasteiger partial charge in [-0.25, -0.2) is 9.82 Å². The van der Waals surface area contributed by atoms with Crippen molar-refractivity contribution in [3.63, 3.8) is 0 Å². The maximum absolute atomic E-state index is 13.5. The molecule has 130 valence electrons. The van der Waals surface area contributed by atoms with Gasteiger partial charge in [0.05, 0.1) is 17.0 Å². The van der Waals surface area contributed by atoms with Crippen molar-refractivity contribution < 1.29 is 18.7 Å². The molecule has 1 aliphatic heterocycles. The molecule has 0 spiro atoms. The first-order valence-electron chi connectivity index (χ1n) is 7.42. The maximum Gasteiger partial charge on any atom is 0.250 e. The molecule has 3 rings (SSSR count). The Morgan fingerprint density at radius 3 is 2.96 bits per heavy atom. The topological polar surface area (TPSA) is 59.9 Å². The minimum absolute atomic E-state index is 0.0557. The Hall–Kier alpha value is -2.25. The highest BCUT2D eigenvalue weighted by atomic mass is 35.5. The Balaban J connectivity index is 1.55. The van der Waals surface area contributed by atoms with E-state index in [9.17, 15) is 9.18 Å². The number of rotatable bonds is 5. The van der Waals surface area contributed by atoms with Crippen LogP contribution in [0.25, 0.3) is 0 Å². The molecular formula is C17H14ClFN2O3S. The highest BCUT2D eigenvalue weighted by Gasteiger charge is 2.16. The first kappa shape index (κ1) is 17.6. The van der Waals surface area contributed by atoms with Crippen LogP contribution in [0.5, 0.6) is 11.5 Å². The molecule has 0 atom stereocenters. The number of carbonyl (C=O) groups is 1. The molecule has 1 aliphatic rings. The number of nitrogens with zero attached hydrogens (tertiary/aromatic N) is 1. The molecule has 0 aliphatic carbocycles. The zero-order valence-corrected chi connectivity index (χ0v) is 14.6. The van der Waals surface area contributed by atoms with Crippen LogP contribution >= 0.6 is 23.4 Å². The summed E-state index contributed by atoms with van der Waals surface area (Å²) in [6.45, 7) is 0.907. The molecule has 0 saturated carbocycles. The lowest BCUT2D eigenvalue weighted by Crippen LogP contribution is -2.19. The molecule has 0 radical (unpaired) electrons. The number of halogens is 2. The van der Waals surface area contributed by atoms with Gasteiger partial charge < -0.3 is 9.47 Å². The molecule has 5 nitrogen and oxygen atoms in total. The normalized spacial score (nSPS) is 13.0. The third kappa shape index (κ3) is 4.64. The monoisotopic (exact) mass is 380 g/mol. The van der Waals surface area contributed by atoms with E-state index in [0.29, 0.717) is 40.2 Å². The first-order chi connectivity index (χ1) is 12.1. The molecule has 2 aromatic carbocycles. The van der Waals surface area contributed by atoms with Crippen molar-refractivity contribution in [3.8, 4) is 11.5 Å². The Bertz CT molecular complexity index is 816. The van der Waals surface area contributed by atoms with E-state index < -0.39 is 0 Å². The van der Waals surface area contributed by atoms with Gasteiger partial charge in [0.25, 0.3) is 0 Å². The van der Waals surface area contributed by atoms with Crippen molar-refractivity contribution in [3.05, 3.63) is 52.8 Å². The van der Waals surface area contributed by atoms with Gasteiger partial charge in [-0.05, 0) is 29.8 Å². The van der Waals surface area contributed by atoms with E-state index in [1.807, 2.05) is 0 Å². The van der Waals surface area contributed by atoms with Gasteiger partial charge >= 0.3 is 0 Å². The zero-order chi connectivity index (χ0) is 17.6. The minimum Gasteiger partial charge on any atom is -0.486 e. The summed E-state index contributed by atoms with van der Waals surface area (Å²) >= 11 is 7.23. The van der Waals surface area contributed by atoms with Gasteiger partial charge in [-0.2, -0.15) is 5.10 Å². The quantitative estimate of drug-likeness (QED) is 0.490. The fourth-order valence-corrected chi connectivity index (χ4v) is 3.13. The average molecular weight is 381 g/mol. The lowest BCUT2D eigenvalue weighted by Gasteiger charge is -2.19. The standard InChI is InChI=1S/C17H14ClFN2O3S/c18-12-7-11(8-14-17(12)24-6-5-23-14)9-20-21-16(22)10-25-15-4-2-1-3-13(15)19/h1-4,7-9H,5-6,10H2,(H,21,22)/b20-9-. The number of fused-ring (bicyclic) bond motifs is 1. The molecule has 0 saturated heterocycles. The second-order valence-electron chi connectivity index (χ2n) is 5.04. The van der Waals surface area contributed by atoms with E-state index in [1.54, 1.807) is 30.3 Å². The highest BCUT2D eigenvalue weighted by Crippen LogP contribution is 2.37. The Labute approximate surface area is 153 Å². The van der Waals surface area contributed by atoms with E-state index in [4.69, 9.17) is 21.1 Å². The van der Waals surface area contributed by atoms with Gasteiger partial charge in [0.2, 0.25) is 5.91 Å². The number of amides is 1. The fraction of sp³-hybridized carbons (Fsp3) is 0.176. The molecule has 0 unspecified atom stereocenters. The number of hydrazone groups is 1. The summed E-state index contributed by atoms with van der Waals surface area (Å²) in [5.74, 6) is 0.417. The molecule has 1 heterocycles. The predicted octanol–water partition coefficient (Wildman–Crippen LogP) is 3.49. The van der Waals surface area contributed by atoms with Crippen molar-refractivity contribution in [1.29, 1.82) is 0 Å². The Morgan fingerprint density at radius 2 is 2.12 bits per heavy atom. The fourth-order valence-electron chi connectivity index (χ4n) is 2.12. The number of ether oxygens (including phenoxy) is 2. The van der Waals surface area contributed by atoms with E-state index in [1.165, 1.54) is 12.3 Å². The van der Waals surface area contributed by atoms with E-state index in [2.05, 4.69) is 10.5 Å². The summed E-state index contributed by atoms with van der Waals surface area (Å²) in [4.78, 5) is 12.2. The molecule has 0 fully saturated rings. The van der Waals surface area contributed by atoms with Crippen molar-refractivity contribution in [2.24, 2.45) is 5.10 Å². The molecule has 25 heavy (non-hydrogen) atoms. The van der Waals surface area contributed by atoms with Crippen molar-refractivity contribution >= 4 is 35.5 Å². The van der Waals surface area contributed by atoms with Gasteiger partial charge in [-0.3, -0.25) is 4.79 Å². The Morgan fingerprint density at radius 1 is 1.32 bits per heavy atom. The van der Waals surface area contributed by atoms with Gasteiger partial charge in [-0.15, -0.1) is 11.8 Å². The molecular weight excluding hydrogens is 367 g/mol. The molecule has 1 amide bonds. The number of benzene rings is 2. The van der Waals surface area contributed by atoms with Crippen LogP contribution in [-0.2, 0) is 4.79 Å². The minimum atomic E-state index is -0.352. The molecule has 8 heteroatoms. The number of hydrogen-bond donors (Lipinski definition) is 1. The summed E-state index contributed by atoms with van der Waals surface area (Å²) in [6, 6.07) is 9.68. The van der Waals surface area contributed by atoms with E-state index in [-0.39, 0.29) is 17.5 Å².